The fourth-order valence-corrected chi connectivity index (χ4v) is 0.977. The molecule has 0 bridgehead atoms. The molecule has 70 valence electrons. The van der Waals surface area contributed by atoms with E-state index in [1.807, 2.05) is 0 Å². The number of aromatic carboxylic acids is 1. The molecule has 0 aliphatic carbocycles. The van der Waals surface area contributed by atoms with Crippen LogP contribution in [0.1, 0.15) is 10.4 Å². The van der Waals surface area contributed by atoms with Crippen LogP contribution < -0.4 is 0 Å². The summed E-state index contributed by atoms with van der Waals surface area (Å²) in [6.07, 6.45) is 3.89. The number of nitrogens with zero attached hydrogens (tertiary/aromatic N) is 3. The van der Waals surface area contributed by atoms with E-state index in [1.165, 1.54) is 24.9 Å². The zero-order valence-electron chi connectivity index (χ0n) is 6.91. The summed E-state index contributed by atoms with van der Waals surface area (Å²) in [5.74, 6) is -0.719. The van der Waals surface area contributed by atoms with Crippen molar-refractivity contribution in [2.45, 2.75) is 0 Å². The Morgan fingerprint density at radius 3 is 2.93 bits per heavy atom. The second-order valence-corrected chi connectivity index (χ2v) is 2.52. The predicted molar refractivity (Wildman–Crippen MR) is 44.5 cm³/mol. The second-order valence-electron chi connectivity index (χ2n) is 2.52. The minimum atomic E-state index is -1.04. The van der Waals surface area contributed by atoms with Crippen molar-refractivity contribution in [3.63, 3.8) is 0 Å². The van der Waals surface area contributed by atoms with Gasteiger partial charge in [0.25, 0.3) is 0 Å². The first-order chi connectivity index (χ1) is 6.77. The summed E-state index contributed by atoms with van der Waals surface area (Å²) in [5.41, 5.74) is 0.603. The second kappa shape index (κ2) is 3.25. The molecule has 0 unspecified atom stereocenters. The van der Waals surface area contributed by atoms with Gasteiger partial charge in [0.05, 0.1) is 5.56 Å². The van der Waals surface area contributed by atoms with Crippen molar-refractivity contribution < 1.29 is 14.4 Å². The molecular weight excluding hydrogens is 186 g/mol. The van der Waals surface area contributed by atoms with Gasteiger partial charge in [0.1, 0.15) is 0 Å². The van der Waals surface area contributed by atoms with Crippen LogP contribution >= 0.6 is 0 Å². The average Bonchev–Trinajstić information content (AvgIpc) is 2.71. The molecule has 0 aromatic carbocycles. The van der Waals surface area contributed by atoms with Gasteiger partial charge in [-0.2, -0.15) is 4.98 Å². The first-order valence-corrected chi connectivity index (χ1v) is 3.72. The van der Waals surface area contributed by atoms with Crippen LogP contribution in [0, 0.1) is 0 Å². The van der Waals surface area contributed by atoms with Crippen molar-refractivity contribution in [3.05, 3.63) is 30.4 Å². The van der Waals surface area contributed by atoms with Crippen LogP contribution in [0.5, 0.6) is 0 Å². The van der Waals surface area contributed by atoms with Gasteiger partial charge in [-0.15, -0.1) is 0 Å². The number of carboxylic acids is 1. The van der Waals surface area contributed by atoms with E-state index < -0.39 is 5.97 Å². The van der Waals surface area contributed by atoms with Gasteiger partial charge in [0.2, 0.25) is 12.2 Å². The van der Waals surface area contributed by atoms with Gasteiger partial charge in [-0.3, -0.25) is 4.98 Å². The van der Waals surface area contributed by atoms with E-state index in [0.29, 0.717) is 11.4 Å². The van der Waals surface area contributed by atoms with Gasteiger partial charge in [-0.25, -0.2) is 4.79 Å². The molecule has 0 radical (unpaired) electrons. The lowest BCUT2D eigenvalue weighted by Crippen LogP contribution is -1.97. The third-order valence-corrected chi connectivity index (χ3v) is 1.60. The van der Waals surface area contributed by atoms with Crippen LogP contribution in [0.4, 0.5) is 0 Å². The number of hydrogen-bond donors (Lipinski definition) is 1. The lowest BCUT2D eigenvalue weighted by molar-refractivity contribution is 0.0696. The Kier molecular flexibility index (Phi) is 1.94. The van der Waals surface area contributed by atoms with Gasteiger partial charge in [-0.1, -0.05) is 5.16 Å². The molecule has 0 saturated heterocycles. The van der Waals surface area contributed by atoms with Crippen LogP contribution in [-0.4, -0.2) is 26.2 Å². The van der Waals surface area contributed by atoms with Crippen LogP contribution in [0.2, 0.25) is 0 Å². The molecule has 0 aliphatic rings. The summed E-state index contributed by atoms with van der Waals surface area (Å²) in [6, 6.07) is 1.43. The fraction of sp³-hybridized carbons (Fsp3) is 0. The number of carbonyl (C=O) groups is 1. The minimum Gasteiger partial charge on any atom is -0.478 e. The number of pyridine rings is 1. The topological polar surface area (TPSA) is 89.1 Å². The van der Waals surface area contributed by atoms with E-state index >= 15 is 0 Å². The maximum Gasteiger partial charge on any atom is 0.337 e. The molecule has 6 heteroatoms. The largest absolute Gasteiger partial charge is 0.478 e. The summed E-state index contributed by atoms with van der Waals surface area (Å²) in [4.78, 5) is 18.2. The van der Waals surface area contributed by atoms with Crippen molar-refractivity contribution >= 4 is 5.97 Å². The molecule has 0 atom stereocenters. The van der Waals surface area contributed by atoms with Crippen molar-refractivity contribution in [1.29, 1.82) is 0 Å². The molecule has 0 amide bonds. The normalized spacial score (nSPS) is 10.0. The number of hydrogen-bond acceptors (Lipinski definition) is 5. The number of aromatic nitrogens is 3. The summed E-state index contributed by atoms with van der Waals surface area (Å²) in [5, 5.41) is 12.3. The summed E-state index contributed by atoms with van der Waals surface area (Å²) in [6.45, 7) is 0. The first-order valence-electron chi connectivity index (χ1n) is 3.72. The summed E-state index contributed by atoms with van der Waals surface area (Å²) < 4.78 is 4.53. The Labute approximate surface area is 78.2 Å². The van der Waals surface area contributed by atoms with Crippen LogP contribution in [0.25, 0.3) is 11.4 Å². The molecule has 0 aliphatic heterocycles. The lowest BCUT2D eigenvalue weighted by atomic mass is 10.2. The average molecular weight is 191 g/mol. The zero-order chi connectivity index (χ0) is 9.97. The molecule has 0 saturated carbocycles. The standard InChI is InChI=1S/C8H5N3O3/c12-8(13)6-1-5(2-9-3-6)7-10-4-14-11-7/h1-4H,(H,12,13). The van der Waals surface area contributed by atoms with Crippen molar-refractivity contribution in [2.24, 2.45) is 0 Å². The van der Waals surface area contributed by atoms with E-state index in [-0.39, 0.29) is 5.56 Å². The number of rotatable bonds is 2. The molecule has 2 rings (SSSR count). The van der Waals surface area contributed by atoms with E-state index in [0.717, 1.165) is 0 Å². The Morgan fingerprint density at radius 1 is 1.43 bits per heavy atom. The third kappa shape index (κ3) is 1.45. The van der Waals surface area contributed by atoms with Gasteiger partial charge in [0.15, 0.2) is 0 Å². The zero-order valence-corrected chi connectivity index (χ0v) is 6.91. The molecule has 0 fully saturated rings. The van der Waals surface area contributed by atoms with E-state index in [9.17, 15) is 4.79 Å². The molecule has 1 N–H and O–H groups in total. The van der Waals surface area contributed by atoms with Crippen molar-refractivity contribution in [2.75, 3.05) is 0 Å². The maximum atomic E-state index is 10.6. The molecule has 2 aromatic heterocycles. The molecule has 0 spiro atoms. The van der Waals surface area contributed by atoms with Crippen LogP contribution in [0.3, 0.4) is 0 Å². The molecule has 14 heavy (non-hydrogen) atoms. The molecule has 2 aromatic rings. The monoisotopic (exact) mass is 191 g/mol. The van der Waals surface area contributed by atoms with Crippen LogP contribution in [-0.2, 0) is 0 Å². The van der Waals surface area contributed by atoms with Gasteiger partial charge in [0, 0.05) is 18.0 Å². The lowest BCUT2D eigenvalue weighted by Gasteiger charge is -1.95. The Morgan fingerprint density at radius 2 is 2.29 bits per heavy atom. The third-order valence-electron chi connectivity index (χ3n) is 1.60. The fourth-order valence-electron chi connectivity index (χ4n) is 0.977. The van der Waals surface area contributed by atoms with Gasteiger partial charge < -0.3 is 9.63 Å². The molecule has 2 heterocycles. The molecule has 6 nitrogen and oxygen atoms in total. The highest BCUT2D eigenvalue weighted by Gasteiger charge is 2.08. The maximum absolute atomic E-state index is 10.6. The number of carboxylic acid groups (broad SMARTS) is 1. The molecular formula is C8H5N3O3. The Hall–Kier alpha value is -2.24. The Balaban J connectivity index is 2.46. The van der Waals surface area contributed by atoms with E-state index in [2.05, 4.69) is 19.6 Å². The SMILES string of the molecule is O=C(O)c1cncc(-c2ncon2)c1. The Bertz CT molecular complexity index is 453. The highest BCUT2D eigenvalue weighted by Crippen LogP contribution is 2.13. The minimum absolute atomic E-state index is 0.0901. The summed E-state index contributed by atoms with van der Waals surface area (Å²) >= 11 is 0. The van der Waals surface area contributed by atoms with E-state index in [4.69, 9.17) is 5.11 Å². The van der Waals surface area contributed by atoms with E-state index in [1.54, 1.807) is 0 Å². The quantitative estimate of drug-likeness (QED) is 0.756. The smallest absolute Gasteiger partial charge is 0.337 e. The van der Waals surface area contributed by atoms with Gasteiger partial charge >= 0.3 is 5.97 Å². The highest BCUT2D eigenvalue weighted by molar-refractivity contribution is 5.88. The van der Waals surface area contributed by atoms with Crippen LogP contribution in [0.15, 0.2) is 29.4 Å². The van der Waals surface area contributed by atoms with Crippen molar-refractivity contribution in [1.82, 2.24) is 15.1 Å². The van der Waals surface area contributed by atoms with Crippen molar-refractivity contribution in [3.8, 4) is 11.4 Å². The van der Waals surface area contributed by atoms with Gasteiger partial charge in [-0.05, 0) is 6.07 Å². The first kappa shape index (κ1) is 8.36. The highest BCUT2D eigenvalue weighted by atomic mass is 16.5. The predicted octanol–water partition coefficient (Wildman–Crippen LogP) is 0.830. The summed E-state index contributed by atoms with van der Waals surface area (Å²) in [7, 11) is 0.